The largest absolute Gasteiger partial charge is 0.339 e. The normalized spacial score (nSPS) is 21.1. The molecule has 1 aliphatic heterocycles. The summed E-state index contributed by atoms with van der Waals surface area (Å²) in [4.78, 5) is 15.0. The van der Waals surface area contributed by atoms with Gasteiger partial charge in [-0.15, -0.1) is 0 Å². The Hall–Kier alpha value is -0.850. The van der Waals surface area contributed by atoms with Crippen LogP contribution in [0.3, 0.4) is 0 Å². The van der Waals surface area contributed by atoms with Gasteiger partial charge in [0.15, 0.2) is 0 Å². The van der Waals surface area contributed by atoms with Crippen LogP contribution >= 0.6 is 11.8 Å². The van der Waals surface area contributed by atoms with E-state index in [1.54, 1.807) is 11.2 Å². The summed E-state index contributed by atoms with van der Waals surface area (Å²) in [6.45, 7) is 3.01. The number of carbonyl (C=O) groups is 1. The molecule has 1 fully saturated rings. The first kappa shape index (κ1) is 17.5. The maximum absolute atomic E-state index is 12.4. The molecule has 1 aromatic rings. The highest BCUT2D eigenvalue weighted by atomic mass is 32.2. The number of thioether (sulfide) groups is 1. The molecule has 1 aromatic carbocycles. The number of hydrogen-bond acceptors (Lipinski definition) is 4. The van der Waals surface area contributed by atoms with Crippen LogP contribution in [0.2, 0.25) is 0 Å². The zero-order valence-electron chi connectivity index (χ0n) is 13.4. The molecule has 3 unspecified atom stereocenters. The maximum Gasteiger partial charge on any atom is 0.224 e. The molecule has 1 aliphatic rings. The van der Waals surface area contributed by atoms with Crippen LogP contribution < -0.4 is 5.32 Å². The lowest BCUT2D eigenvalue weighted by atomic mass is 10.1. The molecular weight excluding hydrogens is 316 g/mol. The van der Waals surface area contributed by atoms with Gasteiger partial charge < -0.3 is 10.2 Å². The molecule has 3 atom stereocenters. The van der Waals surface area contributed by atoms with Crippen LogP contribution in [0, 0.1) is 0 Å². The molecule has 0 aliphatic carbocycles. The van der Waals surface area contributed by atoms with Crippen molar-refractivity contribution in [3.05, 3.63) is 29.8 Å². The lowest BCUT2D eigenvalue weighted by Gasteiger charge is -2.29. The first-order valence-corrected chi connectivity index (χ1v) is 10.2. The van der Waals surface area contributed by atoms with Crippen LogP contribution in [-0.4, -0.2) is 52.4 Å². The summed E-state index contributed by atoms with van der Waals surface area (Å²) >= 11 is 1.90. The molecule has 0 saturated carbocycles. The summed E-state index contributed by atoms with van der Waals surface area (Å²) in [7, 11) is 0.890. The van der Waals surface area contributed by atoms with E-state index in [1.807, 2.05) is 50.0 Å². The highest BCUT2D eigenvalue weighted by molar-refractivity contribution is 7.99. The Morgan fingerprint density at radius 2 is 2.14 bits per heavy atom. The van der Waals surface area contributed by atoms with Crippen molar-refractivity contribution in [2.75, 3.05) is 31.4 Å². The first-order valence-electron chi connectivity index (χ1n) is 7.49. The summed E-state index contributed by atoms with van der Waals surface area (Å²) in [5, 5.41) is 3.40. The Bertz CT molecular complexity index is 527. The molecule has 122 valence electrons. The molecular formula is C16H24N2O2S2. The molecule has 1 heterocycles. The average Bonchev–Trinajstić information content (AvgIpc) is 2.54. The van der Waals surface area contributed by atoms with E-state index in [1.165, 1.54) is 0 Å². The van der Waals surface area contributed by atoms with Crippen molar-refractivity contribution in [3.63, 3.8) is 0 Å². The Kier molecular flexibility index (Phi) is 6.47. The first-order chi connectivity index (χ1) is 10.5. The zero-order valence-corrected chi connectivity index (χ0v) is 15.0. The molecule has 0 aromatic heterocycles. The third-order valence-electron chi connectivity index (χ3n) is 4.09. The second-order valence-corrected chi connectivity index (χ2v) is 8.16. The minimum atomic E-state index is -0.966. The van der Waals surface area contributed by atoms with E-state index in [2.05, 4.69) is 5.32 Å². The predicted molar refractivity (Wildman–Crippen MR) is 93.7 cm³/mol. The molecule has 1 amide bonds. The van der Waals surface area contributed by atoms with Gasteiger partial charge in [0.25, 0.3) is 0 Å². The Morgan fingerprint density at radius 3 is 2.68 bits per heavy atom. The molecule has 0 radical (unpaired) electrons. The highest BCUT2D eigenvalue weighted by Gasteiger charge is 2.22. The average molecular weight is 341 g/mol. The fourth-order valence-electron chi connectivity index (χ4n) is 2.48. The molecule has 0 spiro atoms. The Balaban J connectivity index is 1.96. The van der Waals surface area contributed by atoms with Crippen molar-refractivity contribution >= 4 is 28.5 Å². The fraction of sp³-hybridized carbons (Fsp3) is 0.562. The number of hydrogen-bond donors (Lipinski definition) is 1. The van der Waals surface area contributed by atoms with Gasteiger partial charge in [-0.1, -0.05) is 12.1 Å². The minimum absolute atomic E-state index is 0.0167. The van der Waals surface area contributed by atoms with Crippen molar-refractivity contribution in [3.8, 4) is 0 Å². The number of benzene rings is 1. The quantitative estimate of drug-likeness (QED) is 0.891. The summed E-state index contributed by atoms with van der Waals surface area (Å²) < 4.78 is 11.4. The SMILES string of the molecule is CC(c1ccc(S(C)=O)cc1)N(C)C(=O)CC1CSCCN1. The summed E-state index contributed by atoms with van der Waals surface area (Å²) in [5.41, 5.74) is 1.07. The van der Waals surface area contributed by atoms with E-state index in [0.717, 1.165) is 28.5 Å². The van der Waals surface area contributed by atoms with E-state index >= 15 is 0 Å². The standard InChI is InChI=1S/C16H24N2O2S2/c1-12(13-4-6-15(7-5-13)22(3)20)18(2)16(19)10-14-11-21-9-8-17-14/h4-7,12,14,17H,8-11H2,1-3H3. The van der Waals surface area contributed by atoms with E-state index < -0.39 is 10.8 Å². The number of amides is 1. The predicted octanol–water partition coefficient (Wildman–Crippen LogP) is 2.04. The highest BCUT2D eigenvalue weighted by Crippen LogP contribution is 2.21. The molecule has 0 bridgehead atoms. The summed E-state index contributed by atoms with van der Waals surface area (Å²) in [6, 6.07) is 7.97. The molecule has 4 nitrogen and oxygen atoms in total. The van der Waals surface area contributed by atoms with Crippen molar-refractivity contribution in [2.45, 2.75) is 30.3 Å². The smallest absolute Gasteiger partial charge is 0.224 e. The molecule has 6 heteroatoms. The van der Waals surface area contributed by atoms with Gasteiger partial charge in [-0.25, -0.2) is 0 Å². The van der Waals surface area contributed by atoms with Crippen LogP contribution in [0.1, 0.15) is 24.9 Å². The van der Waals surface area contributed by atoms with Crippen molar-refractivity contribution in [2.24, 2.45) is 0 Å². The second kappa shape index (κ2) is 8.13. The van der Waals surface area contributed by atoms with Gasteiger partial charge in [0.2, 0.25) is 5.91 Å². The van der Waals surface area contributed by atoms with Gasteiger partial charge in [-0.3, -0.25) is 9.00 Å². The van der Waals surface area contributed by atoms with Crippen LogP contribution in [0.25, 0.3) is 0 Å². The lowest BCUT2D eigenvalue weighted by molar-refractivity contribution is -0.132. The summed E-state index contributed by atoms with van der Waals surface area (Å²) in [6.07, 6.45) is 2.22. The van der Waals surface area contributed by atoms with Crippen LogP contribution in [-0.2, 0) is 15.6 Å². The third-order valence-corrected chi connectivity index (χ3v) is 6.16. The van der Waals surface area contributed by atoms with Gasteiger partial charge >= 0.3 is 0 Å². The van der Waals surface area contributed by atoms with Gasteiger partial charge in [0.1, 0.15) is 0 Å². The van der Waals surface area contributed by atoms with Crippen LogP contribution in [0.5, 0.6) is 0 Å². The number of rotatable bonds is 5. The van der Waals surface area contributed by atoms with Crippen molar-refractivity contribution in [1.82, 2.24) is 10.2 Å². The number of nitrogens with zero attached hydrogens (tertiary/aromatic N) is 1. The Labute approximate surface area is 139 Å². The third kappa shape index (κ3) is 4.57. The van der Waals surface area contributed by atoms with Gasteiger partial charge in [0.05, 0.1) is 6.04 Å². The van der Waals surface area contributed by atoms with Gasteiger partial charge in [-0.2, -0.15) is 11.8 Å². The minimum Gasteiger partial charge on any atom is -0.339 e. The van der Waals surface area contributed by atoms with Crippen LogP contribution in [0.4, 0.5) is 0 Å². The van der Waals surface area contributed by atoms with Crippen molar-refractivity contribution < 1.29 is 9.00 Å². The molecule has 1 N–H and O–H groups in total. The fourth-order valence-corrected chi connectivity index (χ4v) is 3.95. The Morgan fingerprint density at radius 1 is 1.45 bits per heavy atom. The monoisotopic (exact) mass is 340 g/mol. The number of carbonyl (C=O) groups excluding carboxylic acids is 1. The van der Waals surface area contributed by atoms with Gasteiger partial charge in [-0.05, 0) is 24.6 Å². The maximum atomic E-state index is 12.4. The molecule has 22 heavy (non-hydrogen) atoms. The van der Waals surface area contributed by atoms with Crippen LogP contribution in [0.15, 0.2) is 29.2 Å². The van der Waals surface area contributed by atoms with E-state index in [0.29, 0.717) is 6.42 Å². The molecule has 1 saturated heterocycles. The van der Waals surface area contributed by atoms with Crippen molar-refractivity contribution in [1.29, 1.82) is 0 Å². The second-order valence-electron chi connectivity index (χ2n) is 5.63. The van der Waals surface area contributed by atoms with E-state index in [-0.39, 0.29) is 18.0 Å². The summed E-state index contributed by atoms with van der Waals surface area (Å²) in [5.74, 6) is 2.29. The topological polar surface area (TPSA) is 49.4 Å². The van der Waals surface area contributed by atoms with E-state index in [4.69, 9.17) is 0 Å². The van der Waals surface area contributed by atoms with E-state index in [9.17, 15) is 9.00 Å². The number of nitrogens with one attached hydrogen (secondary N) is 1. The molecule has 2 rings (SSSR count). The lowest BCUT2D eigenvalue weighted by Crippen LogP contribution is -2.42. The zero-order chi connectivity index (χ0) is 16.1. The van der Waals surface area contributed by atoms with Gasteiger partial charge in [0, 0.05) is 59.5 Å².